The number of amides is 2. The van der Waals surface area contributed by atoms with Gasteiger partial charge in [-0.05, 0) is 30.7 Å². The molecule has 0 bridgehead atoms. The lowest BCUT2D eigenvalue weighted by atomic mass is 9.95. The number of methoxy groups -OCH3 is 1. The molecule has 0 fully saturated rings. The quantitative estimate of drug-likeness (QED) is 0.851. The Kier molecular flexibility index (Phi) is 5.87. The van der Waals surface area contributed by atoms with Crippen molar-refractivity contribution in [1.82, 2.24) is 10.6 Å². The summed E-state index contributed by atoms with van der Waals surface area (Å²) in [5.41, 5.74) is 0.153. The number of benzene rings is 2. The van der Waals surface area contributed by atoms with Crippen molar-refractivity contribution in [2.24, 2.45) is 0 Å². The van der Waals surface area contributed by atoms with Crippen molar-refractivity contribution < 1.29 is 18.3 Å². The van der Waals surface area contributed by atoms with Gasteiger partial charge in [0.05, 0.1) is 6.54 Å². The van der Waals surface area contributed by atoms with E-state index in [0.29, 0.717) is 5.56 Å². The molecule has 0 saturated carbocycles. The molecule has 0 saturated heterocycles. The van der Waals surface area contributed by atoms with E-state index >= 15 is 0 Å². The zero-order chi connectivity index (χ0) is 17.6. The molecule has 1 atom stereocenters. The Labute approximate surface area is 139 Å². The lowest BCUT2D eigenvalue weighted by Gasteiger charge is -2.29. The molecule has 2 aromatic carbocycles. The predicted molar refractivity (Wildman–Crippen MR) is 87.4 cm³/mol. The highest BCUT2D eigenvalue weighted by molar-refractivity contribution is 5.73. The van der Waals surface area contributed by atoms with Crippen LogP contribution in [0, 0.1) is 11.6 Å². The van der Waals surface area contributed by atoms with Crippen LogP contribution in [0.15, 0.2) is 48.5 Å². The topological polar surface area (TPSA) is 50.4 Å². The fourth-order valence-electron chi connectivity index (χ4n) is 2.26. The van der Waals surface area contributed by atoms with Gasteiger partial charge in [-0.3, -0.25) is 0 Å². The van der Waals surface area contributed by atoms with Crippen LogP contribution in [0.25, 0.3) is 0 Å². The molecule has 0 spiro atoms. The summed E-state index contributed by atoms with van der Waals surface area (Å²) in [6, 6.07) is 11.7. The van der Waals surface area contributed by atoms with Crippen LogP contribution in [0.2, 0.25) is 0 Å². The molecule has 128 valence electrons. The molecule has 2 rings (SSSR count). The van der Waals surface area contributed by atoms with Crippen LogP contribution in [-0.2, 0) is 16.9 Å². The van der Waals surface area contributed by atoms with E-state index in [1.807, 2.05) is 0 Å². The number of hydrogen-bond donors (Lipinski definition) is 2. The first-order chi connectivity index (χ1) is 11.4. The third-order valence-electron chi connectivity index (χ3n) is 3.85. The van der Waals surface area contributed by atoms with E-state index in [1.54, 1.807) is 37.3 Å². The van der Waals surface area contributed by atoms with Gasteiger partial charge in [-0.25, -0.2) is 13.6 Å². The molecule has 0 aliphatic rings. The molecule has 0 aliphatic carbocycles. The van der Waals surface area contributed by atoms with E-state index in [9.17, 15) is 13.6 Å². The molecule has 24 heavy (non-hydrogen) atoms. The van der Waals surface area contributed by atoms with Crippen molar-refractivity contribution in [2.75, 3.05) is 13.7 Å². The predicted octanol–water partition coefficient (Wildman–Crippen LogP) is 3.33. The van der Waals surface area contributed by atoms with Crippen LogP contribution in [0.1, 0.15) is 18.1 Å². The summed E-state index contributed by atoms with van der Waals surface area (Å²) >= 11 is 0. The maximum absolute atomic E-state index is 14.0. The number of urea groups is 1. The van der Waals surface area contributed by atoms with Gasteiger partial charge in [0.15, 0.2) is 0 Å². The van der Waals surface area contributed by atoms with Crippen LogP contribution in [0.5, 0.6) is 0 Å². The lowest BCUT2D eigenvalue weighted by Crippen LogP contribution is -2.44. The van der Waals surface area contributed by atoms with Crippen molar-refractivity contribution in [1.29, 1.82) is 0 Å². The molecule has 0 aromatic heterocycles. The van der Waals surface area contributed by atoms with Gasteiger partial charge in [0.1, 0.15) is 17.2 Å². The Bertz CT molecular complexity index is 692. The highest BCUT2D eigenvalue weighted by Gasteiger charge is 2.29. The van der Waals surface area contributed by atoms with Gasteiger partial charge in [0.2, 0.25) is 0 Å². The first kappa shape index (κ1) is 17.9. The first-order valence-electron chi connectivity index (χ1n) is 7.51. The van der Waals surface area contributed by atoms with E-state index in [-0.39, 0.29) is 18.9 Å². The van der Waals surface area contributed by atoms with Crippen LogP contribution in [0.4, 0.5) is 13.6 Å². The van der Waals surface area contributed by atoms with Gasteiger partial charge in [-0.2, -0.15) is 0 Å². The Hall–Kier alpha value is -2.47. The number of nitrogens with one attached hydrogen (secondary N) is 2. The standard InChI is InChI=1S/C18H20F2N2O2/c1-18(24-2,15-5-3-4-6-16(15)20)12-22-17(23)21-11-13-7-9-14(19)10-8-13/h3-10H,11-12H2,1-2H3,(H2,21,22,23). The Balaban J connectivity index is 1.91. The SMILES string of the molecule is COC(C)(CNC(=O)NCc1ccc(F)cc1)c1ccccc1F. The molecule has 0 heterocycles. The molecular formula is C18H20F2N2O2. The van der Waals surface area contributed by atoms with Crippen molar-refractivity contribution in [3.8, 4) is 0 Å². The van der Waals surface area contributed by atoms with Gasteiger partial charge in [0, 0.05) is 19.2 Å². The monoisotopic (exact) mass is 334 g/mol. The largest absolute Gasteiger partial charge is 0.372 e. The van der Waals surface area contributed by atoms with E-state index in [4.69, 9.17) is 4.74 Å². The molecule has 0 aliphatic heterocycles. The van der Waals surface area contributed by atoms with Crippen molar-refractivity contribution in [3.05, 3.63) is 71.3 Å². The summed E-state index contributed by atoms with van der Waals surface area (Å²) < 4.78 is 32.2. The summed E-state index contributed by atoms with van der Waals surface area (Å²) in [6.45, 7) is 2.06. The fourth-order valence-corrected chi connectivity index (χ4v) is 2.26. The molecular weight excluding hydrogens is 314 g/mol. The molecule has 0 radical (unpaired) electrons. The number of carbonyl (C=O) groups is 1. The minimum Gasteiger partial charge on any atom is -0.372 e. The Morgan fingerprint density at radius 3 is 2.38 bits per heavy atom. The zero-order valence-electron chi connectivity index (χ0n) is 13.6. The molecule has 1 unspecified atom stereocenters. The second-order valence-electron chi connectivity index (χ2n) is 5.58. The molecule has 4 nitrogen and oxygen atoms in total. The second kappa shape index (κ2) is 7.88. The van der Waals surface area contributed by atoms with Gasteiger partial charge in [0.25, 0.3) is 0 Å². The summed E-state index contributed by atoms with van der Waals surface area (Å²) in [5.74, 6) is -0.723. The number of carbonyl (C=O) groups excluding carboxylic acids is 1. The molecule has 6 heteroatoms. The average Bonchev–Trinajstić information content (AvgIpc) is 2.59. The average molecular weight is 334 g/mol. The highest BCUT2D eigenvalue weighted by Crippen LogP contribution is 2.26. The smallest absolute Gasteiger partial charge is 0.315 e. The summed E-state index contributed by atoms with van der Waals surface area (Å²) in [4.78, 5) is 11.9. The van der Waals surface area contributed by atoms with E-state index in [1.165, 1.54) is 25.3 Å². The number of hydrogen-bond acceptors (Lipinski definition) is 2. The van der Waals surface area contributed by atoms with Crippen molar-refractivity contribution in [2.45, 2.75) is 19.1 Å². The molecule has 2 amide bonds. The first-order valence-corrected chi connectivity index (χ1v) is 7.51. The summed E-state index contributed by atoms with van der Waals surface area (Å²) in [7, 11) is 1.46. The number of rotatable bonds is 6. The van der Waals surface area contributed by atoms with Crippen LogP contribution in [0.3, 0.4) is 0 Å². The third-order valence-corrected chi connectivity index (χ3v) is 3.85. The number of halogens is 2. The maximum Gasteiger partial charge on any atom is 0.315 e. The van der Waals surface area contributed by atoms with Gasteiger partial charge in [-0.1, -0.05) is 30.3 Å². The summed E-state index contributed by atoms with van der Waals surface area (Å²) in [6.07, 6.45) is 0. The van der Waals surface area contributed by atoms with Gasteiger partial charge in [-0.15, -0.1) is 0 Å². The molecule has 2 N–H and O–H groups in total. The highest BCUT2D eigenvalue weighted by atomic mass is 19.1. The lowest BCUT2D eigenvalue weighted by molar-refractivity contribution is 0.00203. The minimum atomic E-state index is -0.988. The fraction of sp³-hybridized carbons (Fsp3) is 0.278. The van der Waals surface area contributed by atoms with Crippen molar-refractivity contribution >= 4 is 6.03 Å². The van der Waals surface area contributed by atoms with Crippen molar-refractivity contribution in [3.63, 3.8) is 0 Å². The maximum atomic E-state index is 14.0. The summed E-state index contributed by atoms with van der Waals surface area (Å²) in [5, 5.41) is 5.33. The van der Waals surface area contributed by atoms with Crippen LogP contribution in [-0.4, -0.2) is 19.7 Å². The van der Waals surface area contributed by atoms with E-state index < -0.39 is 17.4 Å². The normalized spacial score (nSPS) is 13.2. The Morgan fingerprint density at radius 2 is 1.75 bits per heavy atom. The second-order valence-corrected chi connectivity index (χ2v) is 5.58. The minimum absolute atomic E-state index is 0.0969. The van der Waals surface area contributed by atoms with Gasteiger partial charge < -0.3 is 15.4 Å². The van der Waals surface area contributed by atoms with Gasteiger partial charge >= 0.3 is 6.03 Å². The van der Waals surface area contributed by atoms with Crippen LogP contribution >= 0.6 is 0 Å². The number of ether oxygens (including phenoxy) is 1. The third kappa shape index (κ3) is 4.52. The zero-order valence-corrected chi connectivity index (χ0v) is 13.6. The van der Waals surface area contributed by atoms with E-state index in [2.05, 4.69) is 10.6 Å². The molecule has 2 aromatic rings. The van der Waals surface area contributed by atoms with E-state index in [0.717, 1.165) is 5.56 Å². The van der Waals surface area contributed by atoms with Crippen LogP contribution < -0.4 is 10.6 Å². The Morgan fingerprint density at radius 1 is 1.08 bits per heavy atom.